The molecule has 0 spiro atoms. The van der Waals surface area contributed by atoms with Crippen LogP contribution in [-0.2, 0) is 14.4 Å². The largest absolute Gasteiger partial charge is 0.448 e. The Balaban J connectivity index is 2.86. The number of carbonyl (C=O) groups is 4. The summed E-state index contributed by atoms with van der Waals surface area (Å²) in [6.07, 6.45) is 1.35. The number of primary amides is 1. The molecule has 1 heterocycles. The third kappa shape index (κ3) is 7.65. The summed E-state index contributed by atoms with van der Waals surface area (Å²) in [4.78, 5) is 51.6. The van der Waals surface area contributed by atoms with Gasteiger partial charge in [-0.05, 0) is 12.3 Å². The van der Waals surface area contributed by atoms with Crippen molar-refractivity contribution in [3.8, 4) is 0 Å². The Morgan fingerprint density at radius 3 is 2.48 bits per heavy atom. The maximum atomic E-state index is 12.6. The molecule has 1 aromatic rings. The van der Waals surface area contributed by atoms with Gasteiger partial charge >= 0.3 is 0 Å². The zero-order chi connectivity index (χ0) is 20.6. The minimum atomic E-state index is -0.936. The van der Waals surface area contributed by atoms with E-state index in [0.717, 1.165) is 5.01 Å². The van der Waals surface area contributed by atoms with E-state index in [1.807, 2.05) is 13.8 Å². The van der Waals surface area contributed by atoms with Crippen LogP contribution in [0.5, 0.6) is 0 Å². The summed E-state index contributed by atoms with van der Waals surface area (Å²) in [6, 6.07) is -0.936. The molecule has 0 aliphatic carbocycles. The van der Waals surface area contributed by atoms with Crippen molar-refractivity contribution in [2.24, 2.45) is 11.7 Å². The molecule has 0 aliphatic heterocycles. The first-order chi connectivity index (χ1) is 12.6. The molecule has 0 saturated heterocycles. The van der Waals surface area contributed by atoms with Crippen LogP contribution in [0.15, 0.2) is 10.7 Å². The van der Waals surface area contributed by atoms with Gasteiger partial charge in [0.15, 0.2) is 11.6 Å². The summed E-state index contributed by atoms with van der Waals surface area (Å²) in [5, 5.41) is 3.49. The lowest BCUT2D eigenvalue weighted by atomic mass is 10.0. The maximum Gasteiger partial charge on any atom is 0.273 e. The first-order valence-corrected chi connectivity index (χ1v) is 8.85. The molecule has 0 aromatic carbocycles. The lowest BCUT2D eigenvalue weighted by Gasteiger charge is -2.26. The highest BCUT2D eigenvalue weighted by molar-refractivity contribution is 6.27. The number of alkyl halides is 1. The quantitative estimate of drug-likeness (QED) is 0.395. The van der Waals surface area contributed by atoms with Crippen molar-refractivity contribution >= 4 is 35.2 Å². The molecule has 0 aliphatic rings. The van der Waals surface area contributed by atoms with Crippen molar-refractivity contribution in [2.75, 3.05) is 12.4 Å². The molecule has 0 unspecified atom stereocenters. The standard InChI is InChI=1S/C16H24ClN5O5/c1-9(2)6-11(20-15(25)12-8-27-10(3)19-12)16(26)21-22(14(24)7-17)5-4-13(18)23/h8-9,11H,4-7H2,1-3H3,(H2,18,23)(H,20,25)(H,21,26)/t11-/m0/s1. The van der Waals surface area contributed by atoms with Gasteiger partial charge in [-0.15, -0.1) is 11.6 Å². The van der Waals surface area contributed by atoms with E-state index >= 15 is 0 Å². The van der Waals surface area contributed by atoms with Crippen molar-refractivity contribution in [2.45, 2.75) is 39.7 Å². The molecule has 0 fully saturated rings. The highest BCUT2D eigenvalue weighted by Gasteiger charge is 2.26. The molecule has 0 saturated carbocycles. The van der Waals surface area contributed by atoms with Crippen LogP contribution in [0, 0.1) is 12.8 Å². The highest BCUT2D eigenvalue weighted by Crippen LogP contribution is 2.08. The Kier molecular flexibility index (Phi) is 8.73. The van der Waals surface area contributed by atoms with Gasteiger partial charge in [0.2, 0.25) is 5.91 Å². The number of rotatable bonds is 9. The van der Waals surface area contributed by atoms with E-state index in [0.29, 0.717) is 12.3 Å². The van der Waals surface area contributed by atoms with Crippen LogP contribution in [-0.4, -0.2) is 52.1 Å². The normalized spacial score (nSPS) is 11.7. The molecule has 11 heteroatoms. The Bertz CT molecular complexity index is 690. The zero-order valence-electron chi connectivity index (χ0n) is 15.5. The van der Waals surface area contributed by atoms with Crippen LogP contribution in [0.25, 0.3) is 0 Å². The summed E-state index contributed by atoms with van der Waals surface area (Å²) < 4.78 is 4.99. The fraction of sp³-hybridized carbons (Fsp3) is 0.562. The molecule has 0 radical (unpaired) electrons. The van der Waals surface area contributed by atoms with Crippen LogP contribution in [0.3, 0.4) is 0 Å². The number of aromatic nitrogens is 1. The van der Waals surface area contributed by atoms with Gasteiger partial charge in [0.05, 0.1) is 6.54 Å². The number of carbonyl (C=O) groups excluding carboxylic acids is 4. The number of halogens is 1. The van der Waals surface area contributed by atoms with Gasteiger partial charge < -0.3 is 15.5 Å². The van der Waals surface area contributed by atoms with Crippen molar-refractivity contribution in [1.82, 2.24) is 20.7 Å². The van der Waals surface area contributed by atoms with Gasteiger partial charge in [-0.3, -0.25) is 29.6 Å². The third-order valence-electron chi connectivity index (χ3n) is 3.42. The molecular weight excluding hydrogens is 378 g/mol. The van der Waals surface area contributed by atoms with Gasteiger partial charge in [0.25, 0.3) is 17.7 Å². The Morgan fingerprint density at radius 1 is 1.33 bits per heavy atom. The first kappa shape index (κ1) is 22.4. The zero-order valence-corrected chi connectivity index (χ0v) is 16.2. The van der Waals surface area contributed by atoms with Crippen LogP contribution in [0.4, 0.5) is 0 Å². The molecule has 150 valence electrons. The number of oxazole rings is 1. The first-order valence-electron chi connectivity index (χ1n) is 8.32. The molecule has 4 N–H and O–H groups in total. The fourth-order valence-corrected chi connectivity index (χ4v) is 2.30. The van der Waals surface area contributed by atoms with E-state index in [1.165, 1.54) is 6.26 Å². The van der Waals surface area contributed by atoms with Crippen LogP contribution in [0.1, 0.15) is 43.1 Å². The number of hydrogen-bond donors (Lipinski definition) is 3. The minimum absolute atomic E-state index is 0.0384. The van der Waals surface area contributed by atoms with Crippen LogP contribution >= 0.6 is 11.6 Å². The van der Waals surface area contributed by atoms with Crippen LogP contribution < -0.4 is 16.5 Å². The van der Waals surface area contributed by atoms with Crippen LogP contribution in [0.2, 0.25) is 0 Å². The monoisotopic (exact) mass is 401 g/mol. The van der Waals surface area contributed by atoms with E-state index in [9.17, 15) is 19.2 Å². The van der Waals surface area contributed by atoms with Crippen molar-refractivity contribution in [1.29, 1.82) is 0 Å². The van der Waals surface area contributed by atoms with Gasteiger partial charge in [-0.2, -0.15) is 0 Å². The average Bonchev–Trinajstić information content (AvgIpc) is 3.03. The SMILES string of the molecule is Cc1nc(C(=O)N[C@@H](CC(C)C)C(=O)NN(CCC(N)=O)C(=O)CCl)co1. The highest BCUT2D eigenvalue weighted by atomic mass is 35.5. The Hall–Kier alpha value is -2.62. The number of amides is 4. The van der Waals surface area contributed by atoms with E-state index < -0.39 is 35.6 Å². The molecule has 27 heavy (non-hydrogen) atoms. The number of nitrogens with one attached hydrogen (secondary N) is 2. The molecule has 1 aromatic heterocycles. The number of nitrogens with zero attached hydrogens (tertiary/aromatic N) is 2. The fourth-order valence-electron chi connectivity index (χ4n) is 2.15. The predicted octanol–water partition coefficient (Wildman–Crippen LogP) is 0.102. The summed E-state index contributed by atoms with van der Waals surface area (Å²) in [5.74, 6) is -2.45. The van der Waals surface area contributed by atoms with Gasteiger partial charge in [-0.1, -0.05) is 13.8 Å². The van der Waals surface area contributed by atoms with E-state index in [2.05, 4.69) is 15.7 Å². The molecule has 0 bridgehead atoms. The van der Waals surface area contributed by atoms with Gasteiger partial charge in [0.1, 0.15) is 18.2 Å². The number of hydrazine groups is 1. The lowest BCUT2D eigenvalue weighted by molar-refractivity contribution is -0.141. The third-order valence-corrected chi connectivity index (χ3v) is 3.65. The molecule has 1 rings (SSSR count). The van der Waals surface area contributed by atoms with Crippen molar-refractivity contribution in [3.63, 3.8) is 0 Å². The minimum Gasteiger partial charge on any atom is -0.448 e. The van der Waals surface area contributed by atoms with Gasteiger partial charge in [0, 0.05) is 13.3 Å². The summed E-state index contributed by atoms with van der Waals surface area (Å²) >= 11 is 5.53. The second-order valence-electron chi connectivity index (χ2n) is 6.28. The summed E-state index contributed by atoms with van der Waals surface area (Å²) in [7, 11) is 0. The second-order valence-corrected chi connectivity index (χ2v) is 6.55. The average molecular weight is 402 g/mol. The van der Waals surface area contributed by atoms with Crippen molar-refractivity contribution < 1.29 is 23.6 Å². The maximum absolute atomic E-state index is 12.6. The molecule has 4 amide bonds. The lowest BCUT2D eigenvalue weighted by Crippen LogP contribution is -2.55. The molecule has 1 atom stereocenters. The smallest absolute Gasteiger partial charge is 0.273 e. The number of aryl methyl sites for hydroxylation is 1. The summed E-state index contributed by atoms with van der Waals surface area (Å²) in [6.45, 7) is 5.21. The molecule has 10 nitrogen and oxygen atoms in total. The van der Waals surface area contributed by atoms with E-state index in [1.54, 1.807) is 6.92 Å². The van der Waals surface area contributed by atoms with E-state index in [-0.39, 0.29) is 24.6 Å². The number of hydrogen-bond acceptors (Lipinski definition) is 6. The Labute approximate surface area is 161 Å². The van der Waals surface area contributed by atoms with E-state index in [4.69, 9.17) is 21.8 Å². The topological polar surface area (TPSA) is 148 Å². The van der Waals surface area contributed by atoms with Gasteiger partial charge in [-0.25, -0.2) is 4.98 Å². The van der Waals surface area contributed by atoms with Crippen molar-refractivity contribution in [3.05, 3.63) is 17.8 Å². The predicted molar refractivity (Wildman–Crippen MR) is 96.3 cm³/mol. The second kappa shape index (κ2) is 10.5. The molecular formula is C16H24ClN5O5. The Morgan fingerprint density at radius 2 is 2.00 bits per heavy atom. The summed E-state index contributed by atoms with van der Waals surface area (Å²) in [5.41, 5.74) is 7.50. The number of nitrogens with two attached hydrogens (primary N) is 1.